The molecule has 5 heteroatoms. The highest BCUT2D eigenvalue weighted by Crippen LogP contribution is 2.22. The van der Waals surface area contributed by atoms with Crippen LogP contribution in [0, 0.1) is 0 Å². The number of nitrogens with zero attached hydrogens (tertiary/aromatic N) is 1. The number of carbonyl (C=O) groups excluding carboxylic acids is 1. The molecular weight excluding hydrogens is 283 g/mol. The summed E-state index contributed by atoms with van der Waals surface area (Å²) in [7, 11) is 1.88. The Bertz CT molecular complexity index is 459. The predicted molar refractivity (Wildman–Crippen MR) is 78.8 cm³/mol. The molecule has 19 heavy (non-hydrogen) atoms. The van der Waals surface area contributed by atoms with Gasteiger partial charge >= 0.3 is 0 Å². The van der Waals surface area contributed by atoms with E-state index in [1.807, 2.05) is 18.0 Å². The van der Waals surface area contributed by atoms with Crippen LogP contribution >= 0.6 is 23.2 Å². The van der Waals surface area contributed by atoms with Gasteiger partial charge in [0.1, 0.15) is 0 Å². The first-order valence-corrected chi connectivity index (χ1v) is 7.24. The van der Waals surface area contributed by atoms with E-state index in [2.05, 4.69) is 5.32 Å². The molecule has 1 atom stereocenters. The molecule has 1 aliphatic rings. The zero-order chi connectivity index (χ0) is 13.8. The minimum Gasteiger partial charge on any atom is -0.341 e. The highest BCUT2D eigenvalue weighted by molar-refractivity contribution is 6.35. The molecule has 0 radical (unpaired) electrons. The van der Waals surface area contributed by atoms with Gasteiger partial charge in [-0.25, -0.2) is 0 Å². The Morgan fingerprint density at radius 3 is 2.89 bits per heavy atom. The van der Waals surface area contributed by atoms with Crippen LogP contribution in [0.3, 0.4) is 0 Å². The average Bonchev–Trinajstić information content (AvgIpc) is 2.90. The molecule has 1 aromatic carbocycles. The Kier molecular flexibility index (Phi) is 5.08. The molecule has 1 heterocycles. The lowest BCUT2D eigenvalue weighted by atomic mass is 10.1. The highest BCUT2D eigenvalue weighted by Gasteiger charge is 2.22. The smallest absolute Gasteiger partial charge is 0.222 e. The van der Waals surface area contributed by atoms with Crippen LogP contribution in [0.15, 0.2) is 18.2 Å². The van der Waals surface area contributed by atoms with Crippen molar-refractivity contribution in [3.8, 4) is 0 Å². The standard InChI is InChI=1S/C14H18Cl2N2O/c1-18(12-6-7-17-9-12)14(19)5-3-10-2-4-11(15)8-13(10)16/h2,4,8,12,17H,3,5-7,9H2,1H3/t12-/m1/s1. The topological polar surface area (TPSA) is 32.3 Å². The second kappa shape index (κ2) is 6.60. The van der Waals surface area contributed by atoms with Crippen LogP contribution in [-0.2, 0) is 11.2 Å². The summed E-state index contributed by atoms with van der Waals surface area (Å²) >= 11 is 11.9. The molecule has 104 valence electrons. The van der Waals surface area contributed by atoms with Crippen molar-refractivity contribution in [2.45, 2.75) is 25.3 Å². The Morgan fingerprint density at radius 1 is 1.47 bits per heavy atom. The molecular formula is C14H18Cl2N2O. The van der Waals surface area contributed by atoms with Gasteiger partial charge in [-0.1, -0.05) is 29.3 Å². The van der Waals surface area contributed by atoms with Crippen LogP contribution < -0.4 is 5.32 Å². The summed E-state index contributed by atoms with van der Waals surface area (Å²) in [6.45, 7) is 1.88. The maximum Gasteiger partial charge on any atom is 0.222 e. The SMILES string of the molecule is CN(C(=O)CCc1ccc(Cl)cc1Cl)[C@@H]1CCNC1. The van der Waals surface area contributed by atoms with E-state index >= 15 is 0 Å². The van der Waals surface area contributed by atoms with Crippen molar-refractivity contribution in [1.29, 1.82) is 0 Å². The molecule has 2 rings (SSSR count). The van der Waals surface area contributed by atoms with Gasteiger partial charge in [0.05, 0.1) is 0 Å². The zero-order valence-electron chi connectivity index (χ0n) is 11.0. The summed E-state index contributed by atoms with van der Waals surface area (Å²) in [4.78, 5) is 14.0. The number of halogens is 2. The van der Waals surface area contributed by atoms with Gasteiger partial charge in [-0.05, 0) is 37.1 Å². The summed E-state index contributed by atoms with van der Waals surface area (Å²) in [5, 5.41) is 4.52. The molecule has 1 amide bonds. The van der Waals surface area contributed by atoms with Gasteiger partial charge in [-0.2, -0.15) is 0 Å². The first kappa shape index (κ1) is 14.6. The van der Waals surface area contributed by atoms with E-state index in [1.165, 1.54) is 0 Å². The monoisotopic (exact) mass is 300 g/mol. The number of carbonyl (C=O) groups is 1. The lowest BCUT2D eigenvalue weighted by Crippen LogP contribution is -2.38. The van der Waals surface area contributed by atoms with E-state index in [4.69, 9.17) is 23.2 Å². The highest BCUT2D eigenvalue weighted by atomic mass is 35.5. The van der Waals surface area contributed by atoms with E-state index in [9.17, 15) is 4.79 Å². The summed E-state index contributed by atoms with van der Waals surface area (Å²) in [5.41, 5.74) is 0.970. The molecule has 0 unspecified atom stereocenters. The molecule has 1 N–H and O–H groups in total. The largest absolute Gasteiger partial charge is 0.341 e. The minimum absolute atomic E-state index is 0.166. The van der Waals surface area contributed by atoms with E-state index in [-0.39, 0.29) is 5.91 Å². The molecule has 0 aromatic heterocycles. The molecule has 0 saturated carbocycles. The van der Waals surface area contributed by atoms with E-state index < -0.39 is 0 Å². The van der Waals surface area contributed by atoms with Crippen LogP contribution in [-0.4, -0.2) is 37.0 Å². The number of hydrogen-bond acceptors (Lipinski definition) is 2. The van der Waals surface area contributed by atoms with Gasteiger partial charge in [0.2, 0.25) is 5.91 Å². The predicted octanol–water partition coefficient (Wildman–Crippen LogP) is 2.75. The summed E-state index contributed by atoms with van der Waals surface area (Å²) in [6.07, 6.45) is 2.16. The Balaban J connectivity index is 1.89. The molecule has 0 bridgehead atoms. The quantitative estimate of drug-likeness (QED) is 0.927. The maximum atomic E-state index is 12.1. The van der Waals surface area contributed by atoms with E-state index in [0.717, 1.165) is 25.1 Å². The fourth-order valence-electron chi connectivity index (χ4n) is 2.32. The van der Waals surface area contributed by atoms with Gasteiger partial charge in [0, 0.05) is 36.1 Å². The van der Waals surface area contributed by atoms with Crippen molar-refractivity contribution >= 4 is 29.1 Å². The Morgan fingerprint density at radius 2 is 2.26 bits per heavy atom. The molecule has 1 saturated heterocycles. The van der Waals surface area contributed by atoms with Gasteiger partial charge in [-0.15, -0.1) is 0 Å². The molecule has 0 spiro atoms. The van der Waals surface area contributed by atoms with Gasteiger partial charge in [0.25, 0.3) is 0 Å². The van der Waals surface area contributed by atoms with Crippen LogP contribution in [0.4, 0.5) is 0 Å². The Hall–Kier alpha value is -0.770. The molecule has 0 aliphatic carbocycles. The van der Waals surface area contributed by atoms with E-state index in [0.29, 0.717) is 28.9 Å². The fraction of sp³-hybridized carbons (Fsp3) is 0.500. The van der Waals surface area contributed by atoms with Gasteiger partial charge < -0.3 is 10.2 Å². The van der Waals surface area contributed by atoms with Crippen molar-refractivity contribution in [3.05, 3.63) is 33.8 Å². The first-order chi connectivity index (χ1) is 9.08. The van der Waals surface area contributed by atoms with Crippen LogP contribution in [0.5, 0.6) is 0 Å². The third-order valence-corrected chi connectivity index (χ3v) is 4.19. The van der Waals surface area contributed by atoms with Crippen molar-refractivity contribution in [1.82, 2.24) is 10.2 Å². The summed E-state index contributed by atoms with van der Waals surface area (Å²) < 4.78 is 0. The summed E-state index contributed by atoms with van der Waals surface area (Å²) in [5.74, 6) is 0.166. The molecule has 1 aliphatic heterocycles. The second-order valence-electron chi connectivity index (χ2n) is 4.89. The maximum absolute atomic E-state index is 12.1. The van der Waals surface area contributed by atoms with Crippen molar-refractivity contribution in [3.63, 3.8) is 0 Å². The van der Waals surface area contributed by atoms with Crippen molar-refractivity contribution in [2.75, 3.05) is 20.1 Å². The molecule has 3 nitrogen and oxygen atoms in total. The van der Waals surface area contributed by atoms with Gasteiger partial charge in [0.15, 0.2) is 0 Å². The molecule has 1 fully saturated rings. The lowest BCUT2D eigenvalue weighted by Gasteiger charge is -2.23. The fourth-order valence-corrected chi connectivity index (χ4v) is 2.82. The number of nitrogens with one attached hydrogen (secondary N) is 1. The first-order valence-electron chi connectivity index (χ1n) is 6.48. The van der Waals surface area contributed by atoms with Crippen molar-refractivity contribution in [2.24, 2.45) is 0 Å². The van der Waals surface area contributed by atoms with E-state index in [1.54, 1.807) is 12.1 Å². The minimum atomic E-state index is 0.166. The zero-order valence-corrected chi connectivity index (χ0v) is 12.5. The van der Waals surface area contributed by atoms with Crippen LogP contribution in [0.1, 0.15) is 18.4 Å². The third-order valence-electron chi connectivity index (χ3n) is 3.60. The second-order valence-corrected chi connectivity index (χ2v) is 5.73. The normalized spacial score (nSPS) is 18.6. The van der Waals surface area contributed by atoms with Crippen LogP contribution in [0.2, 0.25) is 10.0 Å². The number of benzene rings is 1. The number of likely N-dealkylation sites (N-methyl/N-ethyl adjacent to an activating group) is 1. The van der Waals surface area contributed by atoms with Crippen LogP contribution in [0.25, 0.3) is 0 Å². The molecule has 1 aromatic rings. The third kappa shape index (κ3) is 3.85. The summed E-state index contributed by atoms with van der Waals surface area (Å²) in [6, 6.07) is 5.73. The average molecular weight is 301 g/mol. The van der Waals surface area contributed by atoms with Crippen molar-refractivity contribution < 1.29 is 4.79 Å². The lowest BCUT2D eigenvalue weighted by molar-refractivity contribution is -0.131. The Labute approximate surface area is 123 Å². The number of aryl methyl sites for hydroxylation is 1. The number of hydrogen-bond donors (Lipinski definition) is 1. The number of amides is 1. The number of rotatable bonds is 4. The van der Waals surface area contributed by atoms with Gasteiger partial charge in [-0.3, -0.25) is 4.79 Å².